The summed E-state index contributed by atoms with van der Waals surface area (Å²) in [5.41, 5.74) is 1.36. The van der Waals surface area contributed by atoms with Crippen LogP contribution >= 0.6 is 22.7 Å². The second-order valence-corrected chi connectivity index (χ2v) is 8.07. The van der Waals surface area contributed by atoms with Gasteiger partial charge in [-0.2, -0.15) is 0 Å². The van der Waals surface area contributed by atoms with Crippen molar-refractivity contribution >= 4 is 49.2 Å². The van der Waals surface area contributed by atoms with Crippen molar-refractivity contribution in [3.63, 3.8) is 0 Å². The zero-order chi connectivity index (χ0) is 19.6. The van der Waals surface area contributed by atoms with Crippen LogP contribution in [-0.4, -0.2) is 29.6 Å². The Balaban J connectivity index is 1.74. The Bertz CT molecular complexity index is 974. The van der Waals surface area contributed by atoms with Gasteiger partial charge in [-0.15, -0.1) is 11.3 Å². The molecule has 0 aliphatic heterocycles. The second kappa shape index (κ2) is 8.06. The standard InChI is InChI=1S/C19H20N2O4S2/c1-5-24-18(23)15-11(4)14-17(26-15)21-19(27-14)20-16(22)12-6-8-13(9-7-12)25-10(2)3/h6-10H,5H2,1-4H3,(H,20,21,22). The van der Waals surface area contributed by atoms with Crippen molar-refractivity contribution in [2.45, 2.75) is 33.8 Å². The first-order valence-electron chi connectivity index (χ1n) is 8.54. The average molecular weight is 405 g/mol. The third kappa shape index (κ3) is 4.28. The predicted octanol–water partition coefficient (Wildman–Crippen LogP) is 4.88. The minimum atomic E-state index is -0.334. The van der Waals surface area contributed by atoms with Crippen LogP contribution in [0.2, 0.25) is 0 Å². The van der Waals surface area contributed by atoms with E-state index in [0.29, 0.717) is 22.2 Å². The summed E-state index contributed by atoms with van der Waals surface area (Å²) in [7, 11) is 0. The number of anilines is 1. The summed E-state index contributed by atoms with van der Waals surface area (Å²) < 4.78 is 11.5. The number of ether oxygens (including phenoxy) is 2. The highest BCUT2D eigenvalue weighted by Gasteiger charge is 2.20. The lowest BCUT2D eigenvalue weighted by molar-refractivity contribution is 0.0531. The highest BCUT2D eigenvalue weighted by Crippen LogP contribution is 2.37. The number of thiazole rings is 1. The van der Waals surface area contributed by atoms with Gasteiger partial charge in [0.05, 0.1) is 17.4 Å². The van der Waals surface area contributed by atoms with Crippen LogP contribution in [0.1, 0.15) is 46.4 Å². The maximum Gasteiger partial charge on any atom is 0.348 e. The molecule has 3 rings (SSSR count). The first kappa shape index (κ1) is 19.3. The number of aromatic nitrogens is 1. The van der Waals surface area contributed by atoms with Crippen LogP contribution in [0, 0.1) is 6.92 Å². The number of aryl methyl sites for hydroxylation is 1. The summed E-state index contributed by atoms with van der Waals surface area (Å²) >= 11 is 2.63. The Kier molecular flexibility index (Phi) is 5.76. The first-order chi connectivity index (χ1) is 12.9. The molecule has 0 bridgehead atoms. The van der Waals surface area contributed by atoms with Gasteiger partial charge in [0.2, 0.25) is 0 Å². The number of carbonyl (C=O) groups excluding carboxylic acids is 2. The smallest absolute Gasteiger partial charge is 0.348 e. The molecule has 0 fully saturated rings. The molecule has 0 aliphatic rings. The van der Waals surface area contributed by atoms with E-state index in [-0.39, 0.29) is 18.0 Å². The summed E-state index contributed by atoms with van der Waals surface area (Å²) in [5.74, 6) is 0.147. The lowest BCUT2D eigenvalue weighted by Gasteiger charge is -2.09. The molecular weight excluding hydrogens is 384 g/mol. The van der Waals surface area contributed by atoms with Gasteiger partial charge in [-0.3, -0.25) is 10.1 Å². The molecule has 2 aromatic heterocycles. The summed E-state index contributed by atoms with van der Waals surface area (Å²) in [4.78, 5) is 30.1. The Morgan fingerprint density at radius 1 is 1.19 bits per heavy atom. The van der Waals surface area contributed by atoms with Crippen molar-refractivity contribution in [2.24, 2.45) is 0 Å². The molecular formula is C19H20N2O4S2. The zero-order valence-electron chi connectivity index (χ0n) is 15.5. The number of hydrogen-bond donors (Lipinski definition) is 1. The van der Waals surface area contributed by atoms with Crippen LogP contribution in [0.3, 0.4) is 0 Å². The Morgan fingerprint density at radius 3 is 2.48 bits per heavy atom. The van der Waals surface area contributed by atoms with Crippen LogP contribution in [0.15, 0.2) is 24.3 Å². The lowest BCUT2D eigenvalue weighted by atomic mass is 10.2. The molecule has 0 radical (unpaired) electrons. The van der Waals surface area contributed by atoms with Crippen LogP contribution in [-0.2, 0) is 4.74 Å². The van der Waals surface area contributed by atoms with E-state index >= 15 is 0 Å². The summed E-state index contributed by atoms with van der Waals surface area (Å²) in [6.45, 7) is 7.87. The first-order valence-corrected chi connectivity index (χ1v) is 10.2. The van der Waals surface area contributed by atoms with Gasteiger partial charge in [-0.25, -0.2) is 9.78 Å². The fourth-order valence-corrected chi connectivity index (χ4v) is 4.67. The molecule has 6 nitrogen and oxygen atoms in total. The molecule has 3 aromatic rings. The fraction of sp³-hybridized carbons (Fsp3) is 0.316. The largest absolute Gasteiger partial charge is 0.491 e. The third-order valence-corrected chi connectivity index (χ3v) is 6.03. The van der Waals surface area contributed by atoms with Gasteiger partial charge in [-0.1, -0.05) is 11.3 Å². The molecule has 0 saturated heterocycles. The molecule has 8 heteroatoms. The number of hydrogen-bond acceptors (Lipinski definition) is 7. The normalized spacial score (nSPS) is 11.0. The van der Waals surface area contributed by atoms with E-state index in [1.54, 1.807) is 31.2 Å². The van der Waals surface area contributed by atoms with Gasteiger partial charge in [-0.05, 0) is 57.5 Å². The van der Waals surface area contributed by atoms with E-state index in [1.807, 2.05) is 20.8 Å². The number of benzene rings is 1. The number of thiophene rings is 1. The number of nitrogens with zero attached hydrogens (tertiary/aromatic N) is 1. The van der Waals surface area contributed by atoms with Gasteiger partial charge in [0, 0.05) is 5.56 Å². The van der Waals surface area contributed by atoms with E-state index in [0.717, 1.165) is 20.8 Å². The summed E-state index contributed by atoms with van der Waals surface area (Å²) in [6.07, 6.45) is 0.0793. The van der Waals surface area contributed by atoms with Crippen LogP contribution in [0.25, 0.3) is 9.53 Å². The van der Waals surface area contributed by atoms with E-state index in [2.05, 4.69) is 10.3 Å². The number of esters is 1. The van der Waals surface area contributed by atoms with Gasteiger partial charge in [0.1, 0.15) is 15.5 Å². The molecule has 1 N–H and O–H groups in total. The van der Waals surface area contributed by atoms with Crippen molar-refractivity contribution in [3.8, 4) is 5.75 Å². The van der Waals surface area contributed by atoms with E-state index in [4.69, 9.17) is 9.47 Å². The number of nitrogens with one attached hydrogen (secondary N) is 1. The van der Waals surface area contributed by atoms with Crippen molar-refractivity contribution < 1.29 is 19.1 Å². The van der Waals surface area contributed by atoms with Gasteiger partial charge in [0.15, 0.2) is 5.13 Å². The molecule has 0 unspecified atom stereocenters. The third-order valence-electron chi connectivity index (χ3n) is 3.65. The molecule has 142 valence electrons. The highest BCUT2D eigenvalue weighted by molar-refractivity contribution is 7.30. The average Bonchev–Trinajstić information content (AvgIpc) is 3.14. The quantitative estimate of drug-likeness (QED) is 0.592. The fourth-order valence-electron chi connectivity index (χ4n) is 2.46. The monoisotopic (exact) mass is 404 g/mol. The minimum absolute atomic E-state index is 0.0793. The Morgan fingerprint density at radius 2 is 1.89 bits per heavy atom. The van der Waals surface area contributed by atoms with Crippen molar-refractivity contribution in [3.05, 3.63) is 40.3 Å². The van der Waals surface area contributed by atoms with Crippen molar-refractivity contribution in [1.82, 2.24) is 4.98 Å². The van der Waals surface area contributed by atoms with Gasteiger partial charge in [0.25, 0.3) is 5.91 Å². The molecule has 0 saturated carbocycles. The van der Waals surface area contributed by atoms with Gasteiger partial charge < -0.3 is 9.47 Å². The second-order valence-electron chi connectivity index (χ2n) is 6.08. The number of rotatable bonds is 6. The van der Waals surface area contributed by atoms with Crippen LogP contribution in [0.4, 0.5) is 5.13 Å². The maximum absolute atomic E-state index is 12.4. The predicted molar refractivity (Wildman–Crippen MR) is 108 cm³/mol. The molecule has 1 aromatic carbocycles. The number of amides is 1. The zero-order valence-corrected chi connectivity index (χ0v) is 17.1. The molecule has 0 aliphatic carbocycles. The molecule has 27 heavy (non-hydrogen) atoms. The molecule has 0 spiro atoms. The van der Waals surface area contributed by atoms with Crippen molar-refractivity contribution in [1.29, 1.82) is 0 Å². The number of fused-ring (bicyclic) bond motifs is 1. The van der Waals surface area contributed by atoms with Crippen molar-refractivity contribution in [2.75, 3.05) is 11.9 Å². The molecule has 2 heterocycles. The van der Waals surface area contributed by atoms with E-state index in [1.165, 1.54) is 22.7 Å². The van der Waals surface area contributed by atoms with Gasteiger partial charge >= 0.3 is 5.97 Å². The Labute approximate surface area is 165 Å². The van der Waals surface area contributed by atoms with E-state index in [9.17, 15) is 9.59 Å². The van der Waals surface area contributed by atoms with Crippen LogP contribution in [0.5, 0.6) is 5.75 Å². The lowest BCUT2D eigenvalue weighted by Crippen LogP contribution is -2.12. The molecule has 0 atom stereocenters. The maximum atomic E-state index is 12.4. The molecule has 1 amide bonds. The Hall–Kier alpha value is -2.45. The van der Waals surface area contributed by atoms with Crippen LogP contribution < -0.4 is 10.1 Å². The SMILES string of the molecule is CCOC(=O)c1sc2nc(NC(=O)c3ccc(OC(C)C)cc3)sc2c1C. The minimum Gasteiger partial charge on any atom is -0.491 e. The van der Waals surface area contributed by atoms with E-state index < -0.39 is 0 Å². The number of carbonyl (C=O) groups is 2. The topological polar surface area (TPSA) is 77.5 Å². The summed E-state index contributed by atoms with van der Waals surface area (Å²) in [6, 6.07) is 6.97. The highest BCUT2D eigenvalue weighted by atomic mass is 32.1. The summed E-state index contributed by atoms with van der Waals surface area (Å²) in [5, 5.41) is 3.32.